The largest absolute Gasteiger partial charge is 0.477 e. The number of thiophene rings is 1. The topological polar surface area (TPSA) is 57.5 Å². The van der Waals surface area contributed by atoms with Crippen LogP contribution in [0.5, 0.6) is 0 Å². The molecule has 1 aromatic heterocycles. The summed E-state index contributed by atoms with van der Waals surface area (Å²) in [4.78, 5) is 14.2. The molecule has 21 heavy (non-hydrogen) atoms. The van der Waals surface area contributed by atoms with Crippen molar-refractivity contribution in [1.82, 2.24) is 0 Å². The number of aryl methyl sites for hydroxylation is 1. The van der Waals surface area contributed by atoms with Crippen LogP contribution in [0.1, 0.15) is 33.8 Å². The molecule has 6 heteroatoms. The van der Waals surface area contributed by atoms with Gasteiger partial charge in [-0.05, 0) is 43.7 Å². The maximum absolute atomic E-state index is 10.8. The highest BCUT2D eigenvalue weighted by molar-refractivity contribution is 7.13. The molecule has 2 rings (SSSR count). The highest BCUT2D eigenvalue weighted by Gasteiger charge is 2.39. The van der Waals surface area contributed by atoms with Gasteiger partial charge in [0.15, 0.2) is 16.3 Å². The maximum atomic E-state index is 10.8. The van der Waals surface area contributed by atoms with Gasteiger partial charge in [-0.3, -0.25) is 0 Å². The number of hydrogen-bond acceptors (Lipinski definition) is 3. The molecule has 0 saturated heterocycles. The van der Waals surface area contributed by atoms with Crippen molar-refractivity contribution in [3.8, 4) is 0 Å². The molecule has 0 bridgehead atoms. The van der Waals surface area contributed by atoms with Gasteiger partial charge >= 0.3 is 5.97 Å². The fourth-order valence-corrected chi connectivity index (χ4v) is 4.62. The number of carboxylic acid groups (broad SMARTS) is 1. The fraction of sp³-hybridized carbons (Fsp3) is 0.533. The zero-order chi connectivity index (χ0) is 15.4. The number of hydrogen-bond donors (Lipinski definition) is 2. The van der Waals surface area contributed by atoms with Crippen LogP contribution in [0.15, 0.2) is 23.1 Å². The van der Waals surface area contributed by atoms with Gasteiger partial charge in [-0.2, -0.15) is 4.94 Å². The van der Waals surface area contributed by atoms with Crippen molar-refractivity contribution in [2.75, 3.05) is 0 Å². The first-order valence-corrected chi connectivity index (χ1v) is 8.97. The van der Waals surface area contributed by atoms with Crippen LogP contribution in [-0.2, 0) is 6.42 Å². The summed E-state index contributed by atoms with van der Waals surface area (Å²) < 4.78 is 0. The minimum atomic E-state index is -0.864. The van der Waals surface area contributed by atoms with E-state index in [1.54, 1.807) is 6.07 Å². The van der Waals surface area contributed by atoms with E-state index in [0.29, 0.717) is 11.3 Å². The lowest BCUT2D eigenvalue weighted by molar-refractivity contribution is 0.0702. The van der Waals surface area contributed by atoms with E-state index in [-0.39, 0.29) is 23.3 Å². The van der Waals surface area contributed by atoms with Crippen LogP contribution in [0, 0.1) is 11.8 Å². The van der Waals surface area contributed by atoms with E-state index < -0.39 is 5.97 Å². The summed E-state index contributed by atoms with van der Waals surface area (Å²) >= 11 is 10.2. The molecule has 4 atom stereocenters. The summed E-state index contributed by atoms with van der Waals surface area (Å²) in [6.07, 6.45) is 5.09. The van der Waals surface area contributed by atoms with Gasteiger partial charge in [-0.25, -0.2) is 4.79 Å². The quantitative estimate of drug-likeness (QED) is 0.618. The summed E-state index contributed by atoms with van der Waals surface area (Å²) in [5.41, 5.74) is 0. The van der Waals surface area contributed by atoms with E-state index in [1.165, 1.54) is 11.3 Å². The smallest absolute Gasteiger partial charge is 0.345 e. The molecule has 2 radical (unpaired) electrons. The van der Waals surface area contributed by atoms with E-state index >= 15 is 0 Å². The first-order chi connectivity index (χ1) is 10.0. The molecule has 1 heterocycles. The van der Waals surface area contributed by atoms with Crippen LogP contribution in [0.4, 0.5) is 0 Å². The summed E-state index contributed by atoms with van der Waals surface area (Å²) in [5.74, 6) is -0.447. The standard InChI is InChI=1S/C15H18ClO3S.Al/c1-2-10-11(12(16)8-13(10)17)5-3-4-9-6-7-14(20-9)15(18)19;/h1-2,6-7,10-13,17H,3-5,8H2,(H,18,19);/t10-,11?,12-,13-;/m1./s1. The van der Waals surface area contributed by atoms with E-state index in [9.17, 15) is 9.90 Å². The SMILES string of the molecule is O=C(O)c1ccc(CCCC2[C@H](Cl)C[C@@H](O)[C@@H]2/C=[CH]/[Al])s1. The summed E-state index contributed by atoms with van der Waals surface area (Å²) in [6.45, 7) is 0. The molecule has 1 aliphatic carbocycles. The van der Waals surface area contributed by atoms with Crippen LogP contribution >= 0.6 is 22.9 Å². The number of alkyl halides is 1. The second-order valence-corrected chi connectivity index (χ2v) is 7.52. The Kier molecular flexibility index (Phi) is 6.34. The molecule has 1 fully saturated rings. The van der Waals surface area contributed by atoms with Crippen molar-refractivity contribution in [2.24, 2.45) is 11.8 Å². The van der Waals surface area contributed by atoms with Crippen LogP contribution < -0.4 is 0 Å². The van der Waals surface area contributed by atoms with Gasteiger partial charge in [0.1, 0.15) is 4.88 Å². The number of carbonyl (C=O) groups is 1. The van der Waals surface area contributed by atoms with Gasteiger partial charge in [-0.1, -0.05) is 0 Å². The molecule has 3 nitrogen and oxygen atoms in total. The minimum absolute atomic E-state index is 0.0177. The number of aromatic carboxylic acids is 1. The zero-order valence-corrected chi connectivity index (χ0v) is 14.3. The molecule has 112 valence electrons. The lowest BCUT2D eigenvalue weighted by Crippen LogP contribution is -2.18. The van der Waals surface area contributed by atoms with Gasteiger partial charge in [0.05, 0.1) is 6.10 Å². The maximum Gasteiger partial charge on any atom is 0.345 e. The molecule has 0 amide bonds. The van der Waals surface area contributed by atoms with Crippen LogP contribution in [0.3, 0.4) is 0 Å². The third kappa shape index (κ3) is 4.34. The van der Waals surface area contributed by atoms with Crippen LogP contribution in [0.25, 0.3) is 0 Å². The number of halogens is 1. The highest BCUT2D eigenvalue weighted by Crippen LogP contribution is 2.40. The lowest BCUT2D eigenvalue weighted by Gasteiger charge is -2.20. The third-order valence-corrected chi connectivity index (χ3v) is 5.89. The first-order valence-electron chi connectivity index (χ1n) is 7.05. The van der Waals surface area contributed by atoms with Gasteiger partial charge in [-0.15, -0.1) is 29.0 Å². The Balaban J connectivity index is 1.88. The molecule has 0 spiro atoms. The minimum Gasteiger partial charge on any atom is -0.477 e. The second-order valence-electron chi connectivity index (χ2n) is 5.41. The Hall–Kier alpha value is -0.308. The molecule has 0 aromatic carbocycles. The van der Waals surface area contributed by atoms with Crippen molar-refractivity contribution in [3.05, 3.63) is 32.9 Å². The number of rotatable bonds is 6. The van der Waals surface area contributed by atoms with E-state index in [1.807, 2.05) is 17.1 Å². The molecule has 1 aliphatic rings. The van der Waals surface area contributed by atoms with Crippen molar-refractivity contribution < 1.29 is 15.0 Å². The Labute approximate surface area is 142 Å². The van der Waals surface area contributed by atoms with Gasteiger partial charge < -0.3 is 10.2 Å². The van der Waals surface area contributed by atoms with Crippen LogP contribution in [0.2, 0.25) is 0 Å². The first kappa shape index (κ1) is 17.1. The summed E-state index contributed by atoms with van der Waals surface area (Å²) in [7, 11) is 0. The molecular weight excluding hydrogens is 323 g/mol. The third-order valence-electron chi connectivity index (χ3n) is 4.04. The van der Waals surface area contributed by atoms with Gasteiger partial charge in [0, 0.05) is 16.2 Å². The van der Waals surface area contributed by atoms with Crippen molar-refractivity contribution >= 4 is 45.2 Å². The molecule has 1 unspecified atom stereocenters. The van der Waals surface area contributed by atoms with Gasteiger partial charge in [0.2, 0.25) is 0 Å². The molecule has 0 aliphatic heterocycles. The zero-order valence-electron chi connectivity index (χ0n) is 11.6. The second kappa shape index (κ2) is 7.80. The molecule has 1 aromatic rings. The van der Waals surface area contributed by atoms with E-state index in [4.69, 9.17) is 16.7 Å². The summed E-state index contributed by atoms with van der Waals surface area (Å²) in [6, 6.07) is 3.54. The Morgan fingerprint density at radius 3 is 2.90 bits per heavy atom. The average molecular weight is 341 g/mol. The van der Waals surface area contributed by atoms with Crippen molar-refractivity contribution in [2.45, 2.75) is 37.2 Å². The van der Waals surface area contributed by atoms with E-state index in [2.05, 4.69) is 16.3 Å². The monoisotopic (exact) mass is 340 g/mol. The number of aliphatic hydroxyl groups excluding tert-OH is 1. The summed E-state index contributed by atoms with van der Waals surface area (Å²) in [5, 5.41) is 19.0. The van der Waals surface area contributed by atoms with Gasteiger partial charge in [0.25, 0.3) is 0 Å². The highest BCUT2D eigenvalue weighted by atomic mass is 35.5. The molecule has 1 saturated carbocycles. The van der Waals surface area contributed by atoms with Crippen molar-refractivity contribution in [3.63, 3.8) is 0 Å². The predicted octanol–water partition coefficient (Wildman–Crippen LogP) is 3.06. The number of carboxylic acids is 1. The van der Waals surface area contributed by atoms with E-state index in [0.717, 1.165) is 24.1 Å². The molecule has 2 N–H and O–H groups in total. The number of aliphatic hydroxyl groups is 1. The van der Waals surface area contributed by atoms with Crippen molar-refractivity contribution in [1.29, 1.82) is 0 Å². The Morgan fingerprint density at radius 1 is 1.52 bits per heavy atom. The fourth-order valence-electron chi connectivity index (χ4n) is 3.00. The Bertz CT molecular complexity index is 517. The molecular formula is C15H18AlClO3S. The predicted molar refractivity (Wildman–Crippen MR) is 86.4 cm³/mol. The lowest BCUT2D eigenvalue weighted by atomic mass is 9.90. The van der Waals surface area contributed by atoms with Crippen LogP contribution in [-0.4, -0.2) is 44.0 Å². The normalized spacial score (nSPS) is 29.2. The Morgan fingerprint density at radius 2 is 2.29 bits per heavy atom. The average Bonchev–Trinajstić information content (AvgIpc) is 2.99.